The summed E-state index contributed by atoms with van der Waals surface area (Å²) in [5.74, 6) is -0.131. The number of ether oxygens (including phenoxy) is 1. The molecule has 0 fully saturated rings. The molecular formula is C28H30F3N7O2. The van der Waals surface area contributed by atoms with Gasteiger partial charge >= 0.3 is 6.18 Å². The SMILES string of the molecule is C=CC(=O)Nc1cc(Nc2ncc(C(F)(F)F)c(-c3cn(C)c4ccccc34)n2)c(OC)cc1N(C)CCNC. The van der Waals surface area contributed by atoms with E-state index in [1.807, 2.05) is 31.1 Å². The molecule has 1 amide bonds. The number of hydrogen-bond donors (Lipinski definition) is 3. The van der Waals surface area contributed by atoms with Gasteiger partial charge in [0.25, 0.3) is 0 Å². The topological polar surface area (TPSA) is 96.3 Å². The summed E-state index contributed by atoms with van der Waals surface area (Å²) in [7, 11) is 6.92. The maximum absolute atomic E-state index is 14.1. The van der Waals surface area contributed by atoms with Gasteiger partial charge in [-0.05, 0) is 25.3 Å². The van der Waals surface area contributed by atoms with Crippen LogP contribution >= 0.6 is 0 Å². The molecule has 4 aromatic rings. The number of likely N-dealkylation sites (N-methyl/N-ethyl adjacent to an activating group) is 2. The van der Waals surface area contributed by atoms with Crippen molar-refractivity contribution < 1.29 is 22.7 Å². The molecule has 12 heteroatoms. The molecule has 0 atom stereocenters. The van der Waals surface area contributed by atoms with E-state index in [1.165, 1.54) is 7.11 Å². The van der Waals surface area contributed by atoms with E-state index >= 15 is 0 Å². The van der Waals surface area contributed by atoms with E-state index in [-0.39, 0.29) is 11.6 Å². The van der Waals surface area contributed by atoms with Gasteiger partial charge in [-0.3, -0.25) is 4.79 Å². The number of halogens is 3. The quantitative estimate of drug-likeness (QED) is 0.233. The Morgan fingerprint density at radius 1 is 1.23 bits per heavy atom. The first-order valence-corrected chi connectivity index (χ1v) is 12.3. The molecule has 3 N–H and O–H groups in total. The lowest BCUT2D eigenvalue weighted by molar-refractivity contribution is -0.137. The van der Waals surface area contributed by atoms with Gasteiger partial charge in [-0.2, -0.15) is 13.2 Å². The van der Waals surface area contributed by atoms with E-state index < -0.39 is 17.6 Å². The number of hydrogen-bond acceptors (Lipinski definition) is 7. The number of anilines is 4. The summed E-state index contributed by atoms with van der Waals surface area (Å²) in [6.45, 7) is 4.81. The van der Waals surface area contributed by atoms with E-state index in [9.17, 15) is 18.0 Å². The Labute approximate surface area is 229 Å². The van der Waals surface area contributed by atoms with Gasteiger partial charge in [-0.25, -0.2) is 9.97 Å². The predicted molar refractivity (Wildman–Crippen MR) is 151 cm³/mol. The highest BCUT2D eigenvalue weighted by Gasteiger charge is 2.36. The molecule has 0 saturated heterocycles. The molecule has 0 spiro atoms. The van der Waals surface area contributed by atoms with E-state index in [0.717, 1.165) is 17.8 Å². The first-order valence-electron chi connectivity index (χ1n) is 12.3. The van der Waals surface area contributed by atoms with Crippen LogP contribution in [0.4, 0.5) is 36.2 Å². The van der Waals surface area contributed by atoms with Crippen molar-refractivity contribution in [3.63, 3.8) is 0 Å². The monoisotopic (exact) mass is 553 g/mol. The van der Waals surface area contributed by atoms with Gasteiger partial charge < -0.3 is 30.2 Å². The number of nitrogens with zero attached hydrogens (tertiary/aromatic N) is 4. The minimum absolute atomic E-state index is 0.0773. The van der Waals surface area contributed by atoms with Crippen molar-refractivity contribution in [3.05, 3.63) is 67.0 Å². The lowest BCUT2D eigenvalue weighted by Gasteiger charge is -2.24. The van der Waals surface area contributed by atoms with Crippen LogP contribution in [0, 0.1) is 0 Å². The highest BCUT2D eigenvalue weighted by Crippen LogP contribution is 2.41. The number of carbonyl (C=O) groups excluding carboxylic acids is 1. The van der Waals surface area contributed by atoms with Crippen LogP contribution in [0.25, 0.3) is 22.2 Å². The van der Waals surface area contributed by atoms with E-state index in [0.29, 0.717) is 46.9 Å². The minimum atomic E-state index is -4.68. The number of methoxy groups -OCH3 is 1. The van der Waals surface area contributed by atoms with Crippen LogP contribution in [0.1, 0.15) is 5.56 Å². The van der Waals surface area contributed by atoms with Gasteiger partial charge in [0.1, 0.15) is 11.3 Å². The second-order valence-electron chi connectivity index (χ2n) is 9.04. The molecule has 0 aliphatic heterocycles. The summed E-state index contributed by atoms with van der Waals surface area (Å²) >= 11 is 0. The van der Waals surface area contributed by atoms with Crippen molar-refractivity contribution in [1.82, 2.24) is 19.9 Å². The molecule has 40 heavy (non-hydrogen) atoms. The lowest BCUT2D eigenvalue weighted by atomic mass is 10.1. The van der Waals surface area contributed by atoms with Gasteiger partial charge in [0.05, 0.1) is 29.9 Å². The van der Waals surface area contributed by atoms with E-state index in [4.69, 9.17) is 4.74 Å². The van der Waals surface area contributed by atoms with Crippen molar-refractivity contribution in [2.75, 3.05) is 49.8 Å². The number of alkyl halides is 3. The fourth-order valence-corrected chi connectivity index (χ4v) is 4.34. The van der Waals surface area contributed by atoms with Crippen molar-refractivity contribution in [2.24, 2.45) is 7.05 Å². The minimum Gasteiger partial charge on any atom is -0.494 e. The summed E-state index contributed by atoms with van der Waals surface area (Å²) in [6.07, 6.45) is -1.15. The first kappa shape index (κ1) is 28.4. The molecule has 2 aromatic heterocycles. The normalized spacial score (nSPS) is 11.4. The summed E-state index contributed by atoms with van der Waals surface area (Å²) in [5.41, 5.74) is 1.32. The molecule has 0 radical (unpaired) electrons. The van der Waals surface area contributed by atoms with Crippen molar-refractivity contribution in [1.29, 1.82) is 0 Å². The average molecular weight is 554 g/mol. The highest BCUT2D eigenvalue weighted by atomic mass is 19.4. The third-order valence-electron chi connectivity index (χ3n) is 6.36. The Kier molecular flexibility index (Phi) is 8.29. The summed E-state index contributed by atoms with van der Waals surface area (Å²) < 4.78 is 49.5. The summed E-state index contributed by atoms with van der Waals surface area (Å²) in [5, 5.41) is 9.45. The fourth-order valence-electron chi connectivity index (χ4n) is 4.34. The summed E-state index contributed by atoms with van der Waals surface area (Å²) in [6, 6.07) is 10.5. The largest absolute Gasteiger partial charge is 0.494 e. The lowest BCUT2D eigenvalue weighted by Crippen LogP contribution is -2.28. The number of benzene rings is 2. The molecule has 0 bridgehead atoms. The number of nitrogens with one attached hydrogen (secondary N) is 3. The van der Waals surface area contributed by atoms with Gasteiger partial charge in [0, 0.05) is 62.1 Å². The highest BCUT2D eigenvalue weighted by molar-refractivity contribution is 6.02. The van der Waals surface area contributed by atoms with Gasteiger partial charge in [-0.1, -0.05) is 24.8 Å². The predicted octanol–water partition coefficient (Wildman–Crippen LogP) is 5.19. The third-order valence-corrected chi connectivity index (χ3v) is 6.36. The van der Waals surface area contributed by atoms with E-state index in [2.05, 4.69) is 32.5 Å². The molecule has 0 saturated carbocycles. The molecule has 2 aromatic carbocycles. The van der Waals surface area contributed by atoms with Crippen LogP contribution < -0.4 is 25.6 Å². The number of amides is 1. The van der Waals surface area contributed by atoms with Gasteiger partial charge in [0.15, 0.2) is 0 Å². The number of aromatic nitrogens is 3. The maximum Gasteiger partial charge on any atom is 0.419 e. The van der Waals surface area contributed by atoms with Gasteiger partial charge in [-0.15, -0.1) is 0 Å². The van der Waals surface area contributed by atoms with Crippen molar-refractivity contribution >= 4 is 39.8 Å². The number of fused-ring (bicyclic) bond motifs is 1. The molecule has 0 aliphatic carbocycles. The van der Waals surface area contributed by atoms with Crippen molar-refractivity contribution in [3.8, 4) is 17.0 Å². The smallest absolute Gasteiger partial charge is 0.419 e. The second-order valence-corrected chi connectivity index (χ2v) is 9.04. The zero-order valence-electron chi connectivity index (χ0n) is 22.6. The third kappa shape index (κ3) is 5.86. The van der Waals surface area contributed by atoms with Crippen LogP contribution in [-0.4, -0.2) is 54.7 Å². The van der Waals surface area contributed by atoms with Crippen LogP contribution in [-0.2, 0) is 18.0 Å². The Hall–Kier alpha value is -4.58. The molecular weight excluding hydrogens is 523 g/mol. The number of carbonyl (C=O) groups is 1. The first-order chi connectivity index (χ1) is 19.1. The number of rotatable bonds is 10. The Bertz CT molecular complexity index is 1550. The zero-order valence-corrected chi connectivity index (χ0v) is 22.6. The fraction of sp³-hybridized carbons (Fsp3) is 0.250. The second kappa shape index (κ2) is 11.7. The van der Waals surface area contributed by atoms with Crippen LogP contribution in [0.15, 0.2) is 61.4 Å². The van der Waals surface area contributed by atoms with Gasteiger partial charge in [0.2, 0.25) is 11.9 Å². The molecule has 2 heterocycles. The molecule has 210 valence electrons. The average Bonchev–Trinajstić information content (AvgIpc) is 3.27. The molecule has 4 rings (SSSR count). The molecule has 0 unspecified atom stereocenters. The number of para-hydroxylation sites is 1. The standard InChI is InChI=1S/C28H30F3N7O2/c1-6-25(39)34-20-13-21(24(40-5)14-23(20)37(3)12-11-32-2)35-27-33-15-19(28(29,30)31)26(36-27)18-16-38(4)22-10-8-7-9-17(18)22/h6-10,13-16,32H,1,11-12H2,2-5H3,(H,34,39)(H,33,35,36). The summed E-state index contributed by atoms with van der Waals surface area (Å²) in [4.78, 5) is 22.4. The maximum atomic E-state index is 14.1. The molecule has 0 aliphatic rings. The molecule has 9 nitrogen and oxygen atoms in total. The van der Waals surface area contributed by atoms with Crippen LogP contribution in [0.2, 0.25) is 0 Å². The Balaban J connectivity index is 1.82. The van der Waals surface area contributed by atoms with Crippen LogP contribution in [0.5, 0.6) is 5.75 Å². The Morgan fingerprint density at radius 3 is 2.65 bits per heavy atom. The Morgan fingerprint density at radius 2 is 1.98 bits per heavy atom. The van der Waals surface area contributed by atoms with Crippen molar-refractivity contribution in [2.45, 2.75) is 6.18 Å². The van der Waals surface area contributed by atoms with E-state index in [1.54, 1.807) is 42.1 Å². The van der Waals surface area contributed by atoms with Crippen LogP contribution in [0.3, 0.4) is 0 Å². The zero-order chi connectivity index (χ0) is 29.0. The number of aryl methyl sites for hydroxylation is 1.